The number of carboxylic acids is 1. The molecule has 0 unspecified atom stereocenters. The van der Waals surface area contributed by atoms with Crippen molar-refractivity contribution < 1.29 is 14.7 Å². The van der Waals surface area contributed by atoms with Crippen LogP contribution in [0.1, 0.15) is 38.7 Å². The Hall–Kier alpha value is -2.27. The Kier molecular flexibility index (Phi) is 7.73. The van der Waals surface area contributed by atoms with E-state index in [0.717, 1.165) is 17.1 Å². The number of fused-ring (bicyclic) bond motifs is 1. The first-order valence-electron chi connectivity index (χ1n) is 8.78. The van der Waals surface area contributed by atoms with Gasteiger partial charge in [-0.25, -0.2) is 0 Å². The SMILES string of the molecule is CC=C(CCNC(C)=O)c1cccc2ccc(SCCCC(=O)O)cc12. The molecule has 0 saturated carbocycles. The predicted molar refractivity (Wildman–Crippen MR) is 108 cm³/mol. The van der Waals surface area contributed by atoms with E-state index in [1.165, 1.54) is 28.8 Å². The summed E-state index contributed by atoms with van der Waals surface area (Å²) < 4.78 is 0. The van der Waals surface area contributed by atoms with Crippen LogP contribution in [0.15, 0.2) is 47.4 Å². The van der Waals surface area contributed by atoms with Crippen molar-refractivity contribution in [2.75, 3.05) is 12.3 Å². The number of carbonyl (C=O) groups excluding carboxylic acids is 1. The molecular formula is C21H25NO3S. The highest BCUT2D eigenvalue weighted by molar-refractivity contribution is 7.99. The average Bonchev–Trinajstić information content (AvgIpc) is 2.61. The Labute approximate surface area is 158 Å². The molecule has 0 spiro atoms. The van der Waals surface area contributed by atoms with Crippen LogP contribution in [0, 0.1) is 0 Å². The second kappa shape index (κ2) is 10.0. The zero-order chi connectivity index (χ0) is 18.9. The van der Waals surface area contributed by atoms with E-state index in [1.54, 1.807) is 11.8 Å². The highest BCUT2D eigenvalue weighted by Gasteiger charge is 2.08. The molecule has 0 fully saturated rings. The van der Waals surface area contributed by atoms with E-state index >= 15 is 0 Å². The van der Waals surface area contributed by atoms with E-state index in [9.17, 15) is 9.59 Å². The summed E-state index contributed by atoms with van der Waals surface area (Å²) in [6.07, 6.45) is 3.75. The number of aliphatic carboxylic acids is 1. The highest BCUT2D eigenvalue weighted by Crippen LogP contribution is 2.31. The van der Waals surface area contributed by atoms with Crippen molar-refractivity contribution in [1.29, 1.82) is 0 Å². The van der Waals surface area contributed by atoms with E-state index in [-0.39, 0.29) is 12.3 Å². The van der Waals surface area contributed by atoms with Gasteiger partial charge in [0.05, 0.1) is 0 Å². The van der Waals surface area contributed by atoms with Crippen LogP contribution >= 0.6 is 11.8 Å². The number of hydrogen-bond donors (Lipinski definition) is 2. The molecule has 0 bridgehead atoms. The van der Waals surface area contributed by atoms with Gasteiger partial charge < -0.3 is 10.4 Å². The molecule has 5 heteroatoms. The molecule has 1 amide bonds. The quantitative estimate of drug-likeness (QED) is 0.494. The van der Waals surface area contributed by atoms with Crippen LogP contribution < -0.4 is 5.32 Å². The number of rotatable bonds is 9. The maximum absolute atomic E-state index is 11.1. The third kappa shape index (κ3) is 5.92. The van der Waals surface area contributed by atoms with Gasteiger partial charge in [-0.15, -0.1) is 11.8 Å². The second-order valence-corrected chi connectivity index (χ2v) is 7.25. The lowest BCUT2D eigenvalue weighted by Crippen LogP contribution is -2.21. The van der Waals surface area contributed by atoms with Gasteiger partial charge in [0.25, 0.3) is 0 Å². The van der Waals surface area contributed by atoms with Crippen LogP contribution in [0.3, 0.4) is 0 Å². The van der Waals surface area contributed by atoms with Crippen molar-refractivity contribution >= 4 is 40.0 Å². The normalized spacial score (nSPS) is 11.5. The number of amides is 1. The first kappa shape index (κ1) is 20.0. The Morgan fingerprint density at radius 2 is 2.00 bits per heavy atom. The molecule has 0 radical (unpaired) electrons. The highest BCUT2D eigenvalue weighted by atomic mass is 32.2. The largest absolute Gasteiger partial charge is 0.481 e. The zero-order valence-electron chi connectivity index (χ0n) is 15.2. The minimum atomic E-state index is -0.747. The molecule has 0 aliphatic carbocycles. The molecular weight excluding hydrogens is 346 g/mol. The van der Waals surface area contributed by atoms with Crippen LogP contribution in [-0.4, -0.2) is 29.3 Å². The van der Waals surface area contributed by atoms with Gasteiger partial charge in [-0.05, 0) is 59.6 Å². The van der Waals surface area contributed by atoms with Crippen molar-refractivity contribution in [3.8, 4) is 0 Å². The summed E-state index contributed by atoms with van der Waals surface area (Å²) in [7, 11) is 0. The summed E-state index contributed by atoms with van der Waals surface area (Å²) >= 11 is 1.69. The number of thioether (sulfide) groups is 1. The zero-order valence-corrected chi connectivity index (χ0v) is 16.1. The smallest absolute Gasteiger partial charge is 0.303 e. The van der Waals surface area contributed by atoms with Crippen molar-refractivity contribution in [3.63, 3.8) is 0 Å². The van der Waals surface area contributed by atoms with Crippen LogP contribution in [0.5, 0.6) is 0 Å². The van der Waals surface area contributed by atoms with Crippen molar-refractivity contribution in [2.45, 2.75) is 38.0 Å². The Balaban J connectivity index is 2.19. The Morgan fingerprint density at radius 1 is 1.19 bits per heavy atom. The number of nitrogens with one attached hydrogen (secondary N) is 1. The molecule has 0 aliphatic rings. The van der Waals surface area contributed by atoms with E-state index in [2.05, 4.69) is 47.8 Å². The van der Waals surface area contributed by atoms with Crippen LogP contribution in [0.25, 0.3) is 16.3 Å². The fourth-order valence-corrected chi connectivity index (χ4v) is 3.73. The van der Waals surface area contributed by atoms with Gasteiger partial charge in [0, 0.05) is 24.8 Å². The summed E-state index contributed by atoms with van der Waals surface area (Å²) in [5.41, 5.74) is 2.39. The maximum atomic E-state index is 11.1. The molecule has 4 nitrogen and oxygen atoms in total. The number of hydrogen-bond acceptors (Lipinski definition) is 3. The maximum Gasteiger partial charge on any atom is 0.303 e. The number of carboxylic acid groups (broad SMARTS) is 1. The van der Waals surface area contributed by atoms with Crippen LogP contribution in [0.4, 0.5) is 0 Å². The topological polar surface area (TPSA) is 66.4 Å². The average molecular weight is 372 g/mol. The van der Waals surface area contributed by atoms with E-state index < -0.39 is 5.97 Å². The molecule has 2 aromatic carbocycles. The van der Waals surface area contributed by atoms with Gasteiger partial charge in [0.1, 0.15) is 0 Å². The lowest BCUT2D eigenvalue weighted by atomic mass is 9.96. The van der Waals surface area contributed by atoms with Crippen molar-refractivity contribution in [3.05, 3.63) is 48.0 Å². The Bertz CT molecular complexity index is 814. The molecule has 2 rings (SSSR count). The van der Waals surface area contributed by atoms with Crippen molar-refractivity contribution in [1.82, 2.24) is 5.32 Å². The fourth-order valence-electron chi connectivity index (χ4n) is 2.84. The summed E-state index contributed by atoms with van der Waals surface area (Å²) in [5.74, 6) is 0.0284. The fraction of sp³-hybridized carbons (Fsp3) is 0.333. The first-order chi connectivity index (χ1) is 12.5. The lowest BCUT2D eigenvalue weighted by molar-refractivity contribution is -0.137. The lowest BCUT2D eigenvalue weighted by Gasteiger charge is -2.12. The van der Waals surface area contributed by atoms with Gasteiger partial charge in [0.2, 0.25) is 5.91 Å². The van der Waals surface area contributed by atoms with E-state index in [0.29, 0.717) is 13.0 Å². The third-order valence-corrected chi connectivity index (χ3v) is 5.20. The molecule has 0 aromatic heterocycles. The number of benzene rings is 2. The molecule has 0 atom stereocenters. The summed E-state index contributed by atoms with van der Waals surface area (Å²) in [4.78, 5) is 22.9. The molecule has 2 aromatic rings. The summed E-state index contributed by atoms with van der Waals surface area (Å²) in [6, 6.07) is 12.6. The first-order valence-corrected chi connectivity index (χ1v) is 9.77. The summed E-state index contributed by atoms with van der Waals surface area (Å²) in [6.45, 7) is 4.17. The summed E-state index contributed by atoms with van der Waals surface area (Å²) in [5, 5.41) is 14.0. The monoisotopic (exact) mass is 371 g/mol. The van der Waals surface area contributed by atoms with Gasteiger partial charge in [-0.2, -0.15) is 0 Å². The molecule has 0 heterocycles. The molecule has 138 valence electrons. The number of allylic oxidation sites excluding steroid dienone is 1. The molecule has 0 aliphatic heterocycles. The second-order valence-electron chi connectivity index (χ2n) is 6.08. The van der Waals surface area contributed by atoms with Gasteiger partial charge in [-0.3, -0.25) is 9.59 Å². The van der Waals surface area contributed by atoms with E-state index in [1.807, 2.05) is 6.92 Å². The van der Waals surface area contributed by atoms with Gasteiger partial charge in [0.15, 0.2) is 0 Å². The van der Waals surface area contributed by atoms with Crippen LogP contribution in [-0.2, 0) is 9.59 Å². The standard InChI is InChI=1S/C21H25NO3S/c1-3-16(11-12-22-15(2)23)19-7-4-6-17-9-10-18(14-20(17)19)26-13-5-8-21(24)25/h3-4,6-7,9-10,14H,5,8,11-13H2,1-2H3,(H,22,23)(H,24,25). The van der Waals surface area contributed by atoms with Gasteiger partial charge in [-0.1, -0.05) is 30.3 Å². The predicted octanol–water partition coefficient (Wildman–Crippen LogP) is 4.73. The van der Waals surface area contributed by atoms with Gasteiger partial charge >= 0.3 is 5.97 Å². The van der Waals surface area contributed by atoms with E-state index in [4.69, 9.17) is 5.11 Å². The number of carbonyl (C=O) groups is 2. The molecule has 2 N–H and O–H groups in total. The minimum Gasteiger partial charge on any atom is -0.481 e. The minimum absolute atomic E-state index is 0.0154. The van der Waals surface area contributed by atoms with Crippen LogP contribution in [0.2, 0.25) is 0 Å². The van der Waals surface area contributed by atoms with Crippen molar-refractivity contribution in [2.24, 2.45) is 0 Å². The molecule has 0 saturated heterocycles. The molecule has 26 heavy (non-hydrogen) atoms. The Morgan fingerprint density at radius 3 is 2.69 bits per heavy atom. The third-order valence-electron chi connectivity index (χ3n) is 4.12.